The predicted molar refractivity (Wildman–Crippen MR) is 58.9 cm³/mol. The van der Waals surface area contributed by atoms with Gasteiger partial charge in [-0.15, -0.1) is 9.24 Å². The van der Waals surface area contributed by atoms with Gasteiger partial charge in [0.15, 0.2) is 0 Å². The van der Waals surface area contributed by atoms with E-state index in [-0.39, 0.29) is 17.8 Å². The molecule has 0 bridgehead atoms. The van der Waals surface area contributed by atoms with Crippen LogP contribution in [0.5, 0.6) is 5.75 Å². The molecule has 80 valence electrons. The van der Waals surface area contributed by atoms with Crippen LogP contribution in [0.25, 0.3) is 0 Å². The first-order valence-corrected chi connectivity index (χ1v) is 5.60. The van der Waals surface area contributed by atoms with Gasteiger partial charge in [0.1, 0.15) is 5.75 Å². The van der Waals surface area contributed by atoms with Gasteiger partial charge in [-0.1, -0.05) is 12.1 Å². The Kier molecular flexibility index (Phi) is 4.67. The molecule has 0 amide bonds. The summed E-state index contributed by atoms with van der Waals surface area (Å²) >= 11 is 0. The molecule has 0 aliphatic carbocycles. The molecule has 2 atom stereocenters. The molecule has 4 nitrogen and oxygen atoms in total. The molecule has 0 heterocycles. The van der Waals surface area contributed by atoms with Gasteiger partial charge >= 0.3 is 14.7 Å². The Balaban J connectivity index is 2.64. The zero-order valence-electron chi connectivity index (χ0n) is 7.79. The second kappa shape index (κ2) is 5.79. The van der Waals surface area contributed by atoms with Gasteiger partial charge in [-0.3, -0.25) is 4.79 Å². The van der Waals surface area contributed by atoms with Crippen molar-refractivity contribution in [3.8, 4) is 5.75 Å². The Labute approximate surface area is 91.1 Å². The van der Waals surface area contributed by atoms with Crippen LogP contribution in [0.15, 0.2) is 24.3 Å². The normalized spacial score (nSPS) is 12.3. The molecule has 0 radical (unpaired) electrons. The number of hydrogen-bond acceptors (Lipinski definition) is 4. The molecule has 2 unspecified atom stereocenters. The SMILES string of the molecule is O=POC(=O)CC(P)c1cccc(O)c1. The van der Waals surface area contributed by atoms with Crippen LogP contribution in [0, 0.1) is 0 Å². The smallest absolute Gasteiger partial charge is 0.398 e. The summed E-state index contributed by atoms with van der Waals surface area (Å²) in [6, 6.07) is 6.60. The van der Waals surface area contributed by atoms with Crippen molar-refractivity contribution in [2.75, 3.05) is 0 Å². The zero-order chi connectivity index (χ0) is 11.3. The molecule has 0 fully saturated rings. The average Bonchev–Trinajstić information content (AvgIpc) is 2.18. The molecule has 0 aromatic heterocycles. The molecule has 6 heteroatoms. The summed E-state index contributed by atoms with van der Waals surface area (Å²) in [5.41, 5.74) is 0.644. The number of aromatic hydroxyl groups is 1. The molecule has 0 aliphatic heterocycles. The fraction of sp³-hybridized carbons (Fsp3) is 0.222. The van der Waals surface area contributed by atoms with Crippen LogP contribution < -0.4 is 0 Å². The zero-order valence-corrected chi connectivity index (χ0v) is 9.84. The third-order valence-electron chi connectivity index (χ3n) is 1.82. The number of hydrogen-bond donors (Lipinski definition) is 1. The second-order valence-electron chi connectivity index (χ2n) is 2.94. The number of carbonyl (C=O) groups is 1. The van der Waals surface area contributed by atoms with Crippen molar-refractivity contribution >= 4 is 23.9 Å². The van der Waals surface area contributed by atoms with E-state index < -0.39 is 14.7 Å². The van der Waals surface area contributed by atoms with Crippen molar-refractivity contribution in [2.24, 2.45) is 0 Å². The highest BCUT2D eigenvalue weighted by Gasteiger charge is 2.12. The van der Waals surface area contributed by atoms with E-state index in [9.17, 15) is 14.5 Å². The Morgan fingerprint density at radius 2 is 2.33 bits per heavy atom. The fourth-order valence-corrected chi connectivity index (χ4v) is 1.69. The Hall–Kier alpha value is -0.980. The van der Waals surface area contributed by atoms with Gasteiger partial charge in [-0.05, 0) is 17.7 Å². The number of benzene rings is 1. The number of carbonyl (C=O) groups excluding carboxylic acids is 1. The van der Waals surface area contributed by atoms with E-state index in [0.717, 1.165) is 5.56 Å². The first-order chi connectivity index (χ1) is 7.13. The Morgan fingerprint density at radius 1 is 1.60 bits per heavy atom. The monoisotopic (exact) mass is 244 g/mol. The summed E-state index contributed by atoms with van der Waals surface area (Å²) in [6.45, 7) is 0. The lowest BCUT2D eigenvalue weighted by atomic mass is 10.1. The summed E-state index contributed by atoms with van der Waals surface area (Å²) in [5, 5.41) is 9.22. The number of rotatable bonds is 4. The number of phenols is 1. The molecule has 1 aromatic carbocycles. The van der Waals surface area contributed by atoms with Gasteiger partial charge in [-0.2, -0.15) is 0 Å². The molecule has 1 aromatic rings. The maximum Gasteiger partial charge on any atom is 0.398 e. The maximum atomic E-state index is 11.0. The van der Waals surface area contributed by atoms with E-state index in [1.54, 1.807) is 24.3 Å². The highest BCUT2D eigenvalue weighted by molar-refractivity contribution is 7.18. The van der Waals surface area contributed by atoms with Gasteiger partial charge in [0.05, 0.1) is 6.42 Å². The highest BCUT2D eigenvalue weighted by Crippen LogP contribution is 2.29. The van der Waals surface area contributed by atoms with Crippen LogP contribution in [0.4, 0.5) is 0 Å². The lowest BCUT2D eigenvalue weighted by molar-refractivity contribution is -0.133. The molecule has 0 aliphatic rings. The minimum absolute atomic E-state index is 0.101. The molecule has 1 N–H and O–H groups in total. The van der Waals surface area contributed by atoms with Gasteiger partial charge in [-0.25, -0.2) is 4.57 Å². The first-order valence-electron chi connectivity index (χ1n) is 4.20. The van der Waals surface area contributed by atoms with Gasteiger partial charge in [0.2, 0.25) is 0 Å². The van der Waals surface area contributed by atoms with Crippen LogP contribution in [-0.2, 0) is 13.9 Å². The largest absolute Gasteiger partial charge is 0.508 e. The van der Waals surface area contributed by atoms with Crippen LogP contribution in [0.2, 0.25) is 0 Å². The van der Waals surface area contributed by atoms with E-state index in [1.807, 2.05) is 0 Å². The topological polar surface area (TPSA) is 63.6 Å². The second-order valence-corrected chi connectivity index (χ2v) is 4.08. The molecule has 1 rings (SSSR count). The lowest BCUT2D eigenvalue weighted by Gasteiger charge is -2.09. The van der Waals surface area contributed by atoms with E-state index in [0.29, 0.717) is 0 Å². The predicted octanol–water partition coefficient (Wildman–Crippen LogP) is 2.45. The Bertz CT molecular complexity index is 367. The first kappa shape index (κ1) is 12.1. The highest BCUT2D eigenvalue weighted by atomic mass is 31.1. The molecule has 15 heavy (non-hydrogen) atoms. The van der Waals surface area contributed by atoms with Crippen LogP contribution in [0.1, 0.15) is 17.6 Å². The van der Waals surface area contributed by atoms with Crippen molar-refractivity contribution < 1.29 is 19.0 Å². The molecule has 0 saturated heterocycles. The lowest BCUT2D eigenvalue weighted by Crippen LogP contribution is -2.01. The summed E-state index contributed by atoms with van der Waals surface area (Å²) in [4.78, 5) is 11.0. The summed E-state index contributed by atoms with van der Waals surface area (Å²) in [6.07, 6.45) is 0.101. The van der Waals surface area contributed by atoms with Crippen molar-refractivity contribution in [3.63, 3.8) is 0 Å². The maximum absolute atomic E-state index is 11.0. The summed E-state index contributed by atoms with van der Waals surface area (Å²) < 4.78 is 14.3. The number of phenolic OH excluding ortho intramolecular Hbond substituents is 1. The van der Waals surface area contributed by atoms with E-state index >= 15 is 0 Å². The average molecular weight is 244 g/mol. The molecule has 0 spiro atoms. The van der Waals surface area contributed by atoms with Crippen LogP contribution in [0.3, 0.4) is 0 Å². The van der Waals surface area contributed by atoms with E-state index in [1.165, 1.54) is 0 Å². The van der Waals surface area contributed by atoms with Crippen molar-refractivity contribution in [3.05, 3.63) is 29.8 Å². The summed E-state index contributed by atoms with van der Waals surface area (Å²) in [5.74, 6) is -0.398. The van der Waals surface area contributed by atoms with Crippen molar-refractivity contribution in [1.29, 1.82) is 0 Å². The minimum atomic E-state index is -0.637. The van der Waals surface area contributed by atoms with Gasteiger partial charge in [0, 0.05) is 5.66 Å². The fourth-order valence-electron chi connectivity index (χ4n) is 1.13. The standard InChI is InChI=1S/C9H10O4P2/c10-7-3-1-2-6(4-7)8(14)5-9(11)13-15-12/h1-4,8,10H,5,14H2. The molecular formula is C9H10O4P2. The molecular weight excluding hydrogens is 234 g/mol. The van der Waals surface area contributed by atoms with Gasteiger partial charge < -0.3 is 9.63 Å². The van der Waals surface area contributed by atoms with E-state index in [2.05, 4.69) is 13.8 Å². The van der Waals surface area contributed by atoms with E-state index in [4.69, 9.17) is 0 Å². The molecule has 0 saturated carbocycles. The quantitative estimate of drug-likeness (QED) is 0.826. The Morgan fingerprint density at radius 3 is 2.93 bits per heavy atom. The van der Waals surface area contributed by atoms with Crippen LogP contribution >= 0.6 is 17.9 Å². The third kappa shape index (κ3) is 3.94. The van der Waals surface area contributed by atoms with Gasteiger partial charge in [0.25, 0.3) is 0 Å². The minimum Gasteiger partial charge on any atom is -0.508 e. The summed E-state index contributed by atoms with van der Waals surface area (Å²) in [7, 11) is 1.84. The van der Waals surface area contributed by atoms with Crippen molar-refractivity contribution in [2.45, 2.75) is 12.1 Å². The third-order valence-corrected chi connectivity index (χ3v) is 2.72. The van der Waals surface area contributed by atoms with Crippen molar-refractivity contribution in [1.82, 2.24) is 0 Å². The van der Waals surface area contributed by atoms with Crippen LogP contribution in [-0.4, -0.2) is 11.1 Å².